The van der Waals surface area contributed by atoms with E-state index in [1.807, 2.05) is 44.2 Å². The summed E-state index contributed by atoms with van der Waals surface area (Å²) in [7, 11) is 0. The minimum absolute atomic E-state index is 0.0387. The lowest BCUT2D eigenvalue weighted by molar-refractivity contribution is -0.132. The summed E-state index contributed by atoms with van der Waals surface area (Å²) in [6.07, 6.45) is 1.68. The van der Waals surface area contributed by atoms with Gasteiger partial charge in [0.05, 0.1) is 18.8 Å². The van der Waals surface area contributed by atoms with Crippen LogP contribution in [-0.4, -0.2) is 73.2 Å². The zero-order valence-electron chi connectivity index (χ0n) is 17.3. The van der Waals surface area contributed by atoms with Gasteiger partial charge < -0.3 is 30.2 Å². The second kappa shape index (κ2) is 13.3. The number of hydrogen-bond acceptors (Lipinski definition) is 6. The van der Waals surface area contributed by atoms with Crippen LogP contribution >= 0.6 is 0 Å². The number of para-hydroxylation sites is 1. The van der Waals surface area contributed by atoms with Crippen LogP contribution in [0.15, 0.2) is 30.3 Å². The number of carbonyl (C=O) groups is 2. The zero-order chi connectivity index (χ0) is 20.8. The van der Waals surface area contributed by atoms with Crippen LogP contribution in [0.2, 0.25) is 0 Å². The van der Waals surface area contributed by atoms with E-state index in [4.69, 9.17) is 9.84 Å². The van der Waals surface area contributed by atoms with E-state index in [2.05, 4.69) is 10.6 Å². The molecule has 0 heterocycles. The molecule has 0 saturated heterocycles. The molecule has 0 spiro atoms. The average Bonchev–Trinajstić information content (AvgIpc) is 2.73. The molecule has 2 unspecified atom stereocenters. The first-order chi connectivity index (χ1) is 13.5. The molecular formula is C21H35N3O4. The van der Waals surface area contributed by atoms with E-state index in [1.165, 1.54) is 0 Å². The lowest BCUT2D eigenvalue weighted by atomic mass is 9.95. The summed E-state index contributed by atoms with van der Waals surface area (Å²) < 4.78 is 6.07. The first-order valence-corrected chi connectivity index (χ1v) is 10.0. The molecule has 1 amide bonds. The number of nitrogens with zero attached hydrogens (tertiary/aromatic N) is 1. The number of aliphatic hydroxyl groups is 1. The third kappa shape index (κ3) is 8.37. The van der Waals surface area contributed by atoms with Gasteiger partial charge in [-0.3, -0.25) is 4.79 Å². The Morgan fingerprint density at radius 3 is 2.61 bits per heavy atom. The van der Waals surface area contributed by atoms with Crippen LogP contribution in [0.5, 0.6) is 0 Å². The number of rotatable bonds is 15. The molecule has 158 valence electrons. The van der Waals surface area contributed by atoms with Gasteiger partial charge in [-0.1, -0.05) is 25.1 Å². The van der Waals surface area contributed by atoms with E-state index in [9.17, 15) is 9.59 Å². The maximum atomic E-state index is 12.2. The topological polar surface area (TPSA) is 90.9 Å². The number of carbonyl (C=O) groups excluding carboxylic acids is 2. The highest BCUT2D eigenvalue weighted by Crippen LogP contribution is 2.23. The molecule has 1 rings (SSSR count). The van der Waals surface area contributed by atoms with Gasteiger partial charge in [0.2, 0.25) is 5.91 Å². The van der Waals surface area contributed by atoms with Crippen LogP contribution in [0, 0.1) is 0 Å². The van der Waals surface area contributed by atoms with Crippen LogP contribution in [0.3, 0.4) is 0 Å². The van der Waals surface area contributed by atoms with Crippen LogP contribution in [0.4, 0.5) is 5.69 Å². The van der Waals surface area contributed by atoms with Gasteiger partial charge in [-0.2, -0.15) is 0 Å². The van der Waals surface area contributed by atoms with E-state index >= 15 is 0 Å². The molecule has 0 aromatic heterocycles. The minimum atomic E-state index is -0.526. The maximum absolute atomic E-state index is 12.2. The van der Waals surface area contributed by atoms with Gasteiger partial charge in [0.15, 0.2) is 0 Å². The molecule has 3 N–H and O–H groups in total. The lowest BCUT2D eigenvalue weighted by Gasteiger charge is -2.35. The summed E-state index contributed by atoms with van der Waals surface area (Å²) in [4.78, 5) is 24.9. The Labute approximate surface area is 168 Å². The third-order valence-corrected chi connectivity index (χ3v) is 4.80. The molecule has 28 heavy (non-hydrogen) atoms. The average molecular weight is 394 g/mol. The molecule has 7 heteroatoms. The van der Waals surface area contributed by atoms with E-state index < -0.39 is 11.7 Å². The molecule has 0 saturated carbocycles. The van der Waals surface area contributed by atoms with Gasteiger partial charge >= 0.3 is 0 Å². The van der Waals surface area contributed by atoms with Crippen LogP contribution in [-0.2, 0) is 14.3 Å². The van der Waals surface area contributed by atoms with Crippen LogP contribution in [0.1, 0.15) is 33.6 Å². The van der Waals surface area contributed by atoms with Crippen molar-refractivity contribution in [2.24, 2.45) is 0 Å². The van der Waals surface area contributed by atoms with E-state index in [0.717, 1.165) is 18.4 Å². The summed E-state index contributed by atoms with van der Waals surface area (Å²) in [6, 6.07) is 9.86. The predicted octanol–water partition coefficient (Wildman–Crippen LogP) is 1.67. The summed E-state index contributed by atoms with van der Waals surface area (Å²) in [5.41, 5.74) is 0.468. The standard InChI is InChI=1S/C21H35N3O4/c1-4-21(28-18(3)16-26,17-23-19-9-7-6-8-10-19)11-12-22-15-20(27)24(5-2)13-14-25/h6-10,16,18,22-23,25H,4-5,11-15,17H2,1-3H3. The van der Waals surface area contributed by atoms with E-state index in [0.29, 0.717) is 32.6 Å². The highest BCUT2D eigenvalue weighted by Gasteiger charge is 2.31. The van der Waals surface area contributed by atoms with Crippen molar-refractivity contribution in [2.45, 2.75) is 45.3 Å². The van der Waals surface area contributed by atoms with Crippen molar-refractivity contribution in [3.05, 3.63) is 30.3 Å². The molecule has 0 bridgehead atoms. The van der Waals surface area contributed by atoms with Crippen molar-refractivity contribution >= 4 is 17.9 Å². The van der Waals surface area contributed by atoms with Gasteiger partial charge in [-0.15, -0.1) is 0 Å². The van der Waals surface area contributed by atoms with Gasteiger partial charge in [-0.05, 0) is 45.4 Å². The molecule has 1 aromatic rings. The largest absolute Gasteiger partial charge is 0.395 e. The molecular weight excluding hydrogens is 358 g/mol. The predicted molar refractivity (Wildman–Crippen MR) is 111 cm³/mol. The summed E-state index contributed by atoms with van der Waals surface area (Å²) in [6.45, 7) is 7.90. The Hall–Kier alpha value is -1.96. The Kier molecular flexibility index (Phi) is 11.4. The fraction of sp³-hybridized carbons (Fsp3) is 0.619. The quantitative estimate of drug-likeness (QED) is 0.310. The third-order valence-electron chi connectivity index (χ3n) is 4.80. The fourth-order valence-electron chi connectivity index (χ4n) is 3.02. The van der Waals surface area contributed by atoms with Crippen molar-refractivity contribution in [3.63, 3.8) is 0 Å². The number of hydrogen-bond donors (Lipinski definition) is 3. The number of benzene rings is 1. The second-order valence-electron chi connectivity index (χ2n) is 6.84. The Morgan fingerprint density at radius 2 is 2.04 bits per heavy atom. The number of likely N-dealkylation sites (N-methyl/N-ethyl adjacent to an activating group) is 1. The highest BCUT2D eigenvalue weighted by molar-refractivity contribution is 5.78. The molecule has 1 aromatic carbocycles. The number of aldehydes is 1. The number of aliphatic hydroxyl groups excluding tert-OH is 1. The summed E-state index contributed by atoms with van der Waals surface area (Å²) in [5.74, 6) is -0.0387. The van der Waals surface area contributed by atoms with Crippen molar-refractivity contribution in [3.8, 4) is 0 Å². The van der Waals surface area contributed by atoms with Crippen molar-refractivity contribution < 1.29 is 19.4 Å². The van der Waals surface area contributed by atoms with Gasteiger partial charge in [-0.25, -0.2) is 0 Å². The molecule has 0 aliphatic heterocycles. The highest BCUT2D eigenvalue weighted by atomic mass is 16.5. The first kappa shape index (κ1) is 24.1. The number of amides is 1. The molecule has 0 radical (unpaired) electrons. The maximum Gasteiger partial charge on any atom is 0.236 e. The lowest BCUT2D eigenvalue weighted by Crippen LogP contribution is -2.46. The Morgan fingerprint density at radius 1 is 1.32 bits per heavy atom. The Bertz CT molecular complexity index is 570. The molecule has 0 aliphatic carbocycles. The molecule has 0 aliphatic rings. The van der Waals surface area contributed by atoms with Gasteiger partial charge in [0.25, 0.3) is 0 Å². The minimum Gasteiger partial charge on any atom is -0.395 e. The molecule has 0 fully saturated rings. The summed E-state index contributed by atoms with van der Waals surface area (Å²) >= 11 is 0. The van der Waals surface area contributed by atoms with Gasteiger partial charge in [0, 0.05) is 25.3 Å². The molecule has 2 atom stereocenters. The normalized spacial score (nSPS) is 14.1. The Balaban J connectivity index is 2.63. The fourth-order valence-corrected chi connectivity index (χ4v) is 3.02. The second-order valence-corrected chi connectivity index (χ2v) is 6.84. The van der Waals surface area contributed by atoms with E-state index in [1.54, 1.807) is 11.8 Å². The SMILES string of the molecule is CCN(CCO)C(=O)CNCCC(CC)(CNc1ccccc1)OC(C)C=O. The first-order valence-electron chi connectivity index (χ1n) is 10.0. The van der Waals surface area contributed by atoms with Crippen LogP contribution < -0.4 is 10.6 Å². The van der Waals surface area contributed by atoms with Gasteiger partial charge in [0.1, 0.15) is 12.4 Å². The zero-order valence-corrected chi connectivity index (χ0v) is 17.3. The van der Waals surface area contributed by atoms with Crippen LogP contribution in [0.25, 0.3) is 0 Å². The van der Waals surface area contributed by atoms with E-state index in [-0.39, 0.29) is 19.1 Å². The van der Waals surface area contributed by atoms with Crippen molar-refractivity contribution in [2.75, 3.05) is 44.6 Å². The van der Waals surface area contributed by atoms with Crippen molar-refractivity contribution in [1.82, 2.24) is 10.2 Å². The monoisotopic (exact) mass is 393 g/mol. The van der Waals surface area contributed by atoms with Crippen molar-refractivity contribution in [1.29, 1.82) is 0 Å². The summed E-state index contributed by atoms with van der Waals surface area (Å²) in [5, 5.41) is 15.6. The number of ether oxygens (including phenoxy) is 1. The number of nitrogens with one attached hydrogen (secondary N) is 2. The molecule has 7 nitrogen and oxygen atoms in total. The smallest absolute Gasteiger partial charge is 0.236 e. The number of anilines is 1.